The van der Waals surface area contributed by atoms with Gasteiger partial charge in [-0.25, -0.2) is 4.39 Å². The normalized spacial score (nSPS) is 10.2. The third-order valence-electron chi connectivity index (χ3n) is 2.84. The van der Waals surface area contributed by atoms with Crippen molar-refractivity contribution in [2.24, 2.45) is 0 Å². The van der Waals surface area contributed by atoms with Gasteiger partial charge in [0, 0.05) is 6.61 Å². The van der Waals surface area contributed by atoms with Gasteiger partial charge in [0.15, 0.2) is 6.61 Å². The minimum absolute atomic E-state index is 0.0885. The van der Waals surface area contributed by atoms with Gasteiger partial charge < -0.3 is 15.2 Å². The van der Waals surface area contributed by atoms with Crippen molar-refractivity contribution in [3.63, 3.8) is 0 Å². The van der Waals surface area contributed by atoms with Crippen LogP contribution in [-0.2, 0) is 11.2 Å². The summed E-state index contributed by atoms with van der Waals surface area (Å²) in [6, 6.07) is 13.0. The van der Waals surface area contributed by atoms with Crippen molar-refractivity contribution < 1.29 is 19.0 Å². The van der Waals surface area contributed by atoms with E-state index in [1.165, 1.54) is 12.1 Å². The molecule has 0 saturated carbocycles. The number of aliphatic hydroxyl groups excluding tert-OH is 1. The molecule has 0 radical (unpaired) electrons. The van der Waals surface area contributed by atoms with Crippen LogP contribution in [0.5, 0.6) is 5.75 Å². The maximum absolute atomic E-state index is 13.4. The van der Waals surface area contributed by atoms with Crippen molar-refractivity contribution in [1.82, 2.24) is 0 Å². The van der Waals surface area contributed by atoms with Gasteiger partial charge in [-0.3, -0.25) is 4.79 Å². The molecular weight excluding hydrogens is 273 g/mol. The Morgan fingerprint density at radius 2 is 1.86 bits per heavy atom. The Morgan fingerprint density at radius 1 is 1.14 bits per heavy atom. The number of nitrogens with one attached hydrogen (secondary N) is 1. The van der Waals surface area contributed by atoms with Gasteiger partial charge in [0.1, 0.15) is 11.6 Å². The van der Waals surface area contributed by atoms with Crippen molar-refractivity contribution in [3.05, 3.63) is 59.9 Å². The van der Waals surface area contributed by atoms with E-state index in [0.717, 1.165) is 5.56 Å². The summed E-state index contributed by atoms with van der Waals surface area (Å²) in [5.41, 5.74) is 1.12. The minimum Gasteiger partial charge on any atom is -0.484 e. The SMILES string of the molecule is O=C(COc1ccc(CCO)cc1)Nc1ccccc1F. The molecule has 0 atom stereocenters. The van der Waals surface area contributed by atoms with E-state index in [0.29, 0.717) is 12.2 Å². The van der Waals surface area contributed by atoms with Gasteiger partial charge in [0.25, 0.3) is 5.91 Å². The van der Waals surface area contributed by atoms with E-state index in [9.17, 15) is 9.18 Å². The smallest absolute Gasteiger partial charge is 0.262 e. The second-order valence-electron chi connectivity index (χ2n) is 4.43. The molecule has 2 rings (SSSR count). The number of ether oxygens (including phenoxy) is 1. The molecule has 0 aliphatic heterocycles. The number of anilines is 1. The molecule has 0 fully saturated rings. The van der Waals surface area contributed by atoms with Crippen LogP contribution in [-0.4, -0.2) is 24.2 Å². The molecule has 0 aromatic heterocycles. The summed E-state index contributed by atoms with van der Waals surface area (Å²) in [6.07, 6.45) is 0.577. The van der Waals surface area contributed by atoms with Crippen LogP contribution in [0.2, 0.25) is 0 Å². The average molecular weight is 289 g/mol. The molecule has 4 nitrogen and oxygen atoms in total. The largest absolute Gasteiger partial charge is 0.484 e. The molecule has 1 amide bonds. The average Bonchev–Trinajstić information content (AvgIpc) is 2.49. The zero-order valence-corrected chi connectivity index (χ0v) is 11.4. The summed E-state index contributed by atoms with van der Waals surface area (Å²) < 4.78 is 18.7. The fourth-order valence-corrected chi connectivity index (χ4v) is 1.78. The van der Waals surface area contributed by atoms with Crippen LogP contribution in [0.1, 0.15) is 5.56 Å². The first-order valence-corrected chi connectivity index (χ1v) is 6.56. The predicted octanol–water partition coefficient (Wildman–Crippen LogP) is 2.38. The number of carbonyl (C=O) groups is 1. The molecule has 0 saturated heterocycles. The summed E-state index contributed by atoms with van der Waals surface area (Å²) in [5, 5.41) is 11.3. The topological polar surface area (TPSA) is 58.6 Å². The number of hydrogen-bond donors (Lipinski definition) is 2. The lowest BCUT2D eigenvalue weighted by molar-refractivity contribution is -0.118. The Kier molecular flexibility index (Phi) is 5.29. The molecule has 2 aromatic carbocycles. The van der Waals surface area contributed by atoms with Gasteiger partial charge in [-0.05, 0) is 36.2 Å². The summed E-state index contributed by atoms with van der Waals surface area (Å²) in [7, 11) is 0. The third kappa shape index (κ3) is 4.57. The fraction of sp³-hybridized carbons (Fsp3) is 0.188. The van der Waals surface area contributed by atoms with E-state index in [4.69, 9.17) is 9.84 Å². The number of hydrogen-bond acceptors (Lipinski definition) is 3. The van der Waals surface area contributed by atoms with Crippen LogP contribution in [0.4, 0.5) is 10.1 Å². The van der Waals surface area contributed by atoms with Crippen LogP contribution >= 0.6 is 0 Å². The molecule has 0 heterocycles. The first kappa shape index (κ1) is 15.0. The maximum atomic E-state index is 13.4. The molecule has 5 heteroatoms. The second kappa shape index (κ2) is 7.40. The molecule has 0 bridgehead atoms. The maximum Gasteiger partial charge on any atom is 0.262 e. The van der Waals surface area contributed by atoms with Crippen LogP contribution in [0.25, 0.3) is 0 Å². The summed E-state index contributed by atoms with van der Waals surface area (Å²) in [6.45, 7) is -0.112. The van der Waals surface area contributed by atoms with Gasteiger partial charge in [0.05, 0.1) is 5.69 Å². The Balaban J connectivity index is 1.85. The van der Waals surface area contributed by atoms with Crippen molar-refractivity contribution >= 4 is 11.6 Å². The van der Waals surface area contributed by atoms with Crippen molar-refractivity contribution in [1.29, 1.82) is 0 Å². The molecule has 21 heavy (non-hydrogen) atoms. The molecule has 110 valence electrons. The van der Waals surface area contributed by atoms with E-state index >= 15 is 0 Å². The highest BCUT2D eigenvalue weighted by atomic mass is 19.1. The van der Waals surface area contributed by atoms with Crippen LogP contribution in [0.15, 0.2) is 48.5 Å². The van der Waals surface area contributed by atoms with Gasteiger partial charge in [-0.2, -0.15) is 0 Å². The number of aliphatic hydroxyl groups is 1. The summed E-state index contributed by atoms with van der Waals surface area (Å²) in [4.78, 5) is 11.7. The number of halogens is 1. The number of amides is 1. The second-order valence-corrected chi connectivity index (χ2v) is 4.43. The Hall–Kier alpha value is -2.40. The van der Waals surface area contributed by atoms with Crippen LogP contribution in [0.3, 0.4) is 0 Å². The lowest BCUT2D eigenvalue weighted by atomic mass is 10.1. The fourth-order valence-electron chi connectivity index (χ4n) is 1.78. The predicted molar refractivity (Wildman–Crippen MR) is 77.8 cm³/mol. The minimum atomic E-state index is -0.487. The van der Waals surface area contributed by atoms with E-state index in [2.05, 4.69) is 5.32 Å². The first-order chi connectivity index (χ1) is 10.2. The van der Waals surface area contributed by atoms with Crippen molar-refractivity contribution in [2.75, 3.05) is 18.5 Å². The third-order valence-corrected chi connectivity index (χ3v) is 2.84. The molecule has 2 aromatic rings. The lowest BCUT2D eigenvalue weighted by Crippen LogP contribution is -2.20. The van der Waals surface area contributed by atoms with Crippen molar-refractivity contribution in [3.8, 4) is 5.75 Å². The van der Waals surface area contributed by atoms with E-state index < -0.39 is 11.7 Å². The number of benzene rings is 2. The Morgan fingerprint density at radius 3 is 2.52 bits per heavy atom. The highest BCUT2D eigenvalue weighted by Gasteiger charge is 2.07. The lowest BCUT2D eigenvalue weighted by Gasteiger charge is -2.08. The van der Waals surface area contributed by atoms with Crippen LogP contribution in [0, 0.1) is 5.82 Å². The zero-order chi connectivity index (χ0) is 15.1. The van der Waals surface area contributed by atoms with Crippen molar-refractivity contribution in [2.45, 2.75) is 6.42 Å². The summed E-state index contributed by atoms with van der Waals surface area (Å²) >= 11 is 0. The monoisotopic (exact) mass is 289 g/mol. The Labute approximate surface area is 122 Å². The summed E-state index contributed by atoms with van der Waals surface area (Å²) in [5.74, 6) is -0.376. The van der Waals surface area contributed by atoms with Gasteiger partial charge in [-0.1, -0.05) is 24.3 Å². The molecule has 0 unspecified atom stereocenters. The quantitative estimate of drug-likeness (QED) is 0.858. The Bertz CT molecular complexity index is 599. The highest BCUT2D eigenvalue weighted by molar-refractivity contribution is 5.91. The molecule has 0 aliphatic carbocycles. The van der Waals surface area contributed by atoms with Gasteiger partial charge in [-0.15, -0.1) is 0 Å². The number of carbonyl (C=O) groups excluding carboxylic acids is 1. The van der Waals surface area contributed by atoms with Gasteiger partial charge >= 0.3 is 0 Å². The molecule has 2 N–H and O–H groups in total. The van der Waals surface area contributed by atoms with E-state index in [-0.39, 0.29) is 18.9 Å². The molecule has 0 aliphatic rings. The highest BCUT2D eigenvalue weighted by Crippen LogP contribution is 2.14. The molecular formula is C16H16FNO3. The zero-order valence-electron chi connectivity index (χ0n) is 11.4. The number of para-hydroxylation sites is 1. The number of rotatable bonds is 6. The standard InChI is InChI=1S/C16H16FNO3/c17-14-3-1-2-4-15(14)18-16(20)11-21-13-7-5-12(6-8-13)9-10-19/h1-8,19H,9-11H2,(H,18,20). The van der Waals surface area contributed by atoms with E-state index in [1.807, 2.05) is 12.1 Å². The first-order valence-electron chi connectivity index (χ1n) is 6.56. The van der Waals surface area contributed by atoms with Gasteiger partial charge in [0.2, 0.25) is 0 Å². The van der Waals surface area contributed by atoms with Crippen LogP contribution < -0.4 is 10.1 Å². The molecule has 0 spiro atoms. The van der Waals surface area contributed by atoms with E-state index in [1.54, 1.807) is 24.3 Å².